The van der Waals surface area contributed by atoms with E-state index in [1.54, 1.807) is 46.2 Å². The quantitative estimate of drug-likeness (QED) is 0.359. The van der Waals surface area contributed by atoms with Gasteiger partial charge in [-0.1, -0.05) is 66.4 Å². The maximum Gasteiger partial charge on any atom is 0.187 e. The van der Waals surface area contributed by atoms with Crippen molar-refractivity contribution >= 4 is 57.0 Å². The van der Waals surface area contributed by atoms with E-state index in [0.29, 0.717) is 0 Å². The van der Waals surface area contributed by atoms with Crippen molar-refractivity contribution in [2.24, 2.45) is 0 Å². The number of benzene rings is 1. The second-order valence-electron chi connectivity index (χ2n) is 4.96. The van der Waals surface area contributed by atoms with Crippen molar-refractivity contribution in [1.29, 1.82) is 0 Å². The molecule has 126 valence electrons. The molecule has 3 rings (SSSR count). The van der Waals surface area contributed by atoms with Crippen LogP contribution < -0.4 is 5.32 Å². The number of anilines is 2. The minimum atomic E-state index is 0.821. The first-order valence-corrected chi connectivity index (χ1v) is 11.4. The van der Waals surface area contributed by atoms with Crippen LogP contribution in [-0.2, 0) is 5.75 Å². The third kappa shape index (κ3) is 5.47. The fourth-order valence-corrected chi connectivity index (χ4v) is 5.73. The molecule has 2 heterocycles. The van der Waals surface area contributed by atoms with Crippen molar-refractivity contribution in [2.45, 2.75) is 34.2 Å². The van der Waals surface area contributed by atoms with Gasteiger partial charge in [-0.25, -0.2) is 4.98 Å². The lowest BCUT2D eigenvalue weighted by atomic mass is 10.3. The molecule has 0 saturated heterocycles. The second-order valence-corrected chi connectivity index (χ2v) is 9.36. The predicted molar refractivity (Wildman–Crippen MR) is 107 cm³/mol. The van der Waals surface area contributed by atoms with Gasteiger partial charge in [0.1, 0.15) is 0 Å². The van der Waals surface area contributed by atoms with E-state index < -0.39 is 0 Å². The average molecular weight is 395 g/mol. The second kappa shape index (κ2) is 9.41. The molecule has 1 N–H and O–H groups in total. The molecule has 0 aliphatic rings. The van der Waals surface area contributed by atoms with Gasteiger partial charge in [-0.3, -0.25) is 0 Å². The molecule has 0 spiro atoms. The molecule has 0 saturated carbocycles. The Morgan fingerprint density at radius 3 is 2.67 bits per heavy atom. The number of rotatable bonds is 9. The lowest BCUT2D eigenvalue weighted by molar-refractivity contribution is 0.892. The Bertz CT molecular complexity index is 741. The van der Waals surface area contributed by atoms with Crippen molar-refractivity contribution in [1.82, 2.24) is 15.2 Å². The van der Waals surface area contributed by atoms with Gasteiger partial charge in [-0.15, -0.1) is 21.5 Å². The smallest absolute Gasteiger partial charge is 0.187 e. The maximum absolute atomic E-state index is 4.63. The Morgan fingerprint density at radius 1 is 1.08 bits per heavy atom. The molecule has 0 amide bonds. The van der Waals surface area contributed by atoms with Crippen LogP contribution in [0.25, 0.3) is 0 Å². The van der Waals surface area contributed by atoms with Crippen molar-refractivity contribution in [3.05, 3.63) is 41.4 Å². The number of hydrogen-bond acceptors (Lipinski definition) is 8. The Kier molecular flexibility index (Phi) is 6.95. The molecule has 0 aliphatic carbocycles. The summed E-state index contributed by atoms with van der Waals surface area (Å²) in [6.07, 6.45) is 2.44. The molecule has 0 atom stereocenters. The van der Waals surface area contributed by atoms with E-state index in [-0.39, 0.29) is 0 Å². The number of nitrogens with zero attached hydrogens (tertiary/aromatic N) is 3. The predicted octanol–water partition coefficient (Wildman–Crippen LogP) is 5.92. The van der Waals surface area contributed by atoms with Crippen LogP contribution in [0, 0.1) is 0 Å². The Hall–Kier alpha value is -1.09. The topological polar surface area (TPSA) is 50.7 Å². The van der Waals surface area contributed by atoms with E-state index in [1.165, 1.54) is 12.8 Å². The molecular formula is C16H18N4S4. The number of aromatic nitrogens is 3. The molecule has 8 heteroatoms. The van der Waals surface area contributed by atoms with E-state index in [4.69, 9.17) is 0 Å². The summed E-state index contributed by atoms with van der Waals surface area (Å²) in [5, 5.41) is 14.8. The third-order valence-corrected chi connectivity index (χ3v) is 7.15. The van der Waals surface area contributed by atoms with Crippen molar-refractivity contribution < 1.29 is 0 Å². The Balaban J connectivity index is 1.48. The molecule has 0 fully saturated rings. The summed E-state index contributed by atoms with van der Waals surface area (Å²) < 4.78 is 2.08. The van der Waals surface area contributed by atoms with Crippen LogP contribution in [0.4, 0.5) is 10.8 Å². The molecule has 1 aromatic carbocycles. The summed E-state index contributed by atoms with van der Waals surface area (Å²) in [7, 11) is 0. The number of thioether (sulfide) groups is 2. The van der Waals surface area contributed by atoms with Gasteiger partial charge in [0, 0.05) is 22.6 Å². The lowest BCUT2D eigenvalue weighted by Crippen LogP contribution is -1.89. The van der Waals surface area contributed by atoms with Gasteiger partial charge < -0.3 is 5.32 Å². The Labute approximate surface area is 158 Å². The zero-order chi connectivity index (χ0) is 16.6. The molecular weight excluding hydrogens is 376 g/mol. The summed E-state index contributed by atoms with van der Waals surface area (Å²) in [5.74, 6) is 1.94. The first-order chi connectivity index (χ1) is 11.8. The van der Waals surface area contributed by atoms with Gasteiger partial charge in [0.15, 0.2) is 13.8 Å². The van der Waals surface area contributed by atoms with Crippen molar-refractivity contribution in [2.75, 3.05) is 11.1 Å². The Morgan fingerprint density at radius 2 is 1.88 bits per heavy atom. The average Bonchev–Trinajstić information content (AvgIpc) is 3.24. The molecule has 24 heavy (non-hydrogen) atoms. The van der Waals surface area contributed by atoms with E-state index in [1.807, 2.05) is 30.3 Å². The highest BCUT2D eigenvalue weighted by molar-refractivity contribution is 8.02. The highest BCUT2D eigenvalue weighted by atomic mass is 32.2. The van der Waals surface area contributed by atoms with Crippen LogP contribution in [0.15, 0.2) is 44.4 Å². The summed E-state index contributed by atoms with van der Waals surface area (Å²) in [5.41, 5.74) is 2.13. The molecule has 0 bridgehead atoms. The monoisotopic (exact) mass is 394 g/mol. The minimum Gasteiger partial charge on any atom is -0.332 e. The number of nitrogens with one attached hydrogen (secondary N) is 1. The van der Waals surface area contributed by atoms with Crippen LogP contribution in [0.3, 0.4) is 0 Å². The maximum atomic E-state index is 4.63. The van der Waals surface area contributed by atoms with Gasteiger partial charge >= 0.3 is 0 Å². The van der Waals surface area contributed by atoms with Crippen LogP contribution in [0.5, 0.6) is 0 Å². The van der Waals surface area contributed by atoms with Gasteiger partial charge in [0.25, 0.3) is 0 Å². The highest BCUT2D eigenvalue weighted by Gasteiger charge is 2.08. The SMILES string of the molecule is CCCCSc1nnc(SCc2csc(Nc3ccccc3)n2)s1. The van der Waals surface area contributed by atoms with Crippen LogP contribution in [-0.4, -0.2) is 20.9 Å². The summed E-state index contributed by atoms with van der Waals surface area (Å²) in [4.78, 5) is 4.63. The third-order valence-electron chi connectivity index (χ3n) is 3.03. The largest absolute Gasteiger partial charge is 0.332 e. The number of thiazole rings is 1. The van der Waals surface area contributed by atoms with Gasteiger partial charge in [0.05, 0.1) is 5.69 Å². The molecule has 4 nitrogen and oxygen atoms in total. The fraction of sp³-hybridized carbons (Fsp3) is 0.312. The normalized spacial score (nSPS) is 10.9. The first-order valence-electron chi connectivity index (χ1n) is 7.69. The van der Waals surface area contributed by atoms with E-state index in [2.05, 4.69) is 32.8 Å². The molecule has 0 radical (unpaired) electrons. The van der Waals surface area contributed by atoms with Crippen LogP contribution in [0.2, 0.25) is 0 Å². The molecule has 0 aliphatic heterocycles. The van der Waals surface area contributed by atoms with Gasteiger partial charge in [-0.2, -0.15) is 0 Å². The first kappa shape index (κ1) is 17.7. The number of unbranched alkanes of at least 4 members (excludes halogenated alkanes) is 1. The lowest BCUT2D eigenvalue weighted by Gasteiger charge is -2.00. The standard InChI is InChI=1S/C16H18N4S4/c1-2-3-9-21-15-19-20-16(24-15)23-11-13-10-22-14(18-13)17-12-7-5-4-6-8-12/h4-8,10H,2-3,9,11H2,1H3,(H,17,18). The fourth-order valence-electron chi connectivity index (χ4n) is 1.83. The van der Waals surface area contributed by atoms with Crippen molar-refractivity contribution in [3.63, 3.8) is 0 Å². The van der Waals surface area contributed by atoms with Crippen LogP contribution >= 0.6 is 46.2 Å². The highest BCUT2D eigenvalue weighted by Crippen LogP contribution is 2.32. The van der Waals surface area contributed by atoms with E-state index in [0.717, 1.165) is 36.7 Å². The molecule has 2 aromatic heterocycles. The zero-order valence-electron chi connectivity index (χ0n) is 13.3. The molecule has 3 aromatic rings. The summed E-state index contributed by atoms with van der Waals surface area (Å²) >= 11 is 6.80. The number of para-hydroxylation sites is 1. The van der Waals surface area contributed by atoms with E-state index >= 15 is 0 Å². The minimum absolute atomic E-state index is 0.821. The van der Waals surface area contributed by atoms with Crippen LogP contribution in [0.1, 0.15) is 25.5 Å². The van der Waals surface area contributed by atoms with Gasteiger partial charge in [0.2, 0.25) is 0 Å². The van der Waals surface area contributed by atoms with Gasteiger partial charge in [-0.05, 0) is 18.6 Å². The molecule has 0 unspecified atom stereocenters. The van der Waals surface area contributed by atoms with E-state index in [9.17, 15) is 0 Å². The number of hydrogen-bond donors (Lipinski definition) is 1. The summed E-state index contributed by atoms with van der Waals surface area (Å²) in [6.45, 7) is 2.21. The summed E-state index contributed by atoms with van der Waals surface area (Å²) in [6, 6.07) is 10.1. The zero-order valence-corrected chi connectivity index (χ0v) is 16.5. The van der Waals surface area contributed by atoms with Crippen molar-refractivity contribution in [3.8, 4) is 0 Å².